The number of carbonyl (C=O) groups excluding carboxylic acids is 1. The molecule has 38 heavy (non-hydrogen) atoms. The molecule has 0 saturated heterocycles. The number of oxazole rings is 1. The quantitative estimate of drug-likeness (QED) is 0.176. The van der Waals surface area contributed by atoms with Gasteiger partial charge in [-0.25, -0.2) is 4.98 Å². The van der Waals surface area contributed by atoms with Crippen LogP contribution in [0, 0.1) is 0 Å². The lowest BCUT2D eigenvalue weighted by atomic mass is 9.92. The fraction of sp³-hybridized carbons (Fsp3) is 0.241. The van der Waals surface area contributed by atoms with Crippen molar-refractivity contribution in [3.8, 4) is 22.7 Å². The summed E-state index contributed by atoms with van der Waals surface area (Å²) in [6.45, 7) is 3.53. The maximum Gasteiger partial charge on any atom is 0.335 e. The van der Waals surface area contributed by atoms with Crippen LogP contribution in [-0.2, 0) is 20.9 Å². The van der Waals surface area contributed by atoms with Crippen LogP contribution in [0.15, 0.2) is 83.3 Å². The van der Waals surface area contributed by atoms with Gasteiger partial charge < -0.3 is 19.5 Å². The lowest BCUT2D eigenvalue weighted by Gasteiger charge is -2.33. The van der Waals surface area contributed by atoms with Gasteiger partial charge >= 0.3 is 7.60 Å². The number of aromatic nitrogens is 1. The molecule has 0 atom stereocenters. The van der Waals surface area contributed by atoms with Crippen molar-refractivity contribution in [2.24, 2.45) is 0 Å². The first-order chi connectivity index (χ1) is 18.2. The number of halogens is 1. The summed E-state index contributed by atoms with van der Waals surface area (Å²) in [7, 11) is -4.38. The molecule has 1 aromatic heterocycles. The fourth-order valence-corrected chi connectivity index (χ4v) is 6.05. The third kappa shape index (κ3) is 5.92. The topological polar surface area (TPSA) is 113 Å². The number of amides is 1. The molecular weight excluding hydrogens is 523 g/mol. The molecule has 1 amide bonds. The first-order valence-electron chi connectivity index (χ1n) is 12.4. The fourth-order valence-electron chi connectivity index (χ4n) is 4.61. The SMILES string of the molecule is CCC(CC)(c1ccc(NC(=O)CCc2oc(-c3ccccc3)nc2-c2ccc(Cl)cc2)cc1)P(=O)(O)O. The van der Waals surface area contributed by atoms with Crippen LogP contribution in [0.2, 0.25) is 5.02 Å². The second-order valence-electron chi connectivity index (χ2n) is 9.07. The molecule has 0 aliphatic carbocycles. The van der Waals surface area contributed by atoms with E-state index in [-0.39, 0.29) is 12.3 Å². The Bertz CT molecular complexity index is 1430. The number of aryl methyl sites for hydroxylation is 1. The van der Waals surface area contributed by atoms with Gasteiger partial charge in [0.2, 0.25) is 11.8 Å². The molecule has 7 nitrogen and oxygen atoms in total. The van der Waals surface area contributed by atoms with Crippen LogP contribution in [0.25, 0.3) is 22.7 Å². The van der Waals surface area contributed by atoms with Gasteiger partial charge in [-0.15, -0.1) is 0 Å². The molecule has 1 heterocycles. The zero-order valence-electron chi connectivity index (χ0n) is 21.2. The van der Waals surface area contributed by atoms with Gasteiger partial charge in [-0.05, 0) is 54.8 Å². The normalized spacial score (nSPS) is 11.9. The first-order valence-corrected chi connectivity index (χ1v) is 14.4. The largest absolute Gasteiger partial charge is 0.440 e. The van der Waals surface area contributed by atoms with E-state index in [9.17, 15) is 19.1 Å². The molecule has 0 radical (unpaired) electrons. The average Bonchev–Trinajstić information content (AvgIpc) is 3.34. The molecule has 3 aromatic carbocycles. The van der Waals surface area contributed by atoms with E-state index in [1.54, 1.807) is 50.2 Å². The summed E-state index contributed by atoms with van der Waals surface area (Å²) < 4.78 is 18.3. The van der Waals surface area contributed by atoms with Gasteiger partial charge in [0.25, 0.3) is 0 Å². The Morgan fingerprint density at radius 3 is 2.16 bits per heavy atom. The van der Waals surface area contributed by atoms with Gasteiger partial charge in [0, 0.05) is 34.7 Å². The molecule has 0 saturated carbocycles. The highest BCUT2D eigenvalue weighted by Crippen LogP contribution is 2.60. The van der Waals surface area contributed by atoms with Crippen molar-refractivity contribution in [2.45, 2.75) is 44.7 Å². The summed E-state index contributed by atoms with van der Waals surface area (Å²) in [6.07, 6.45) is 1.09. The highest BCUT2D eigenvalue weighted by Gasteiger charge is 2.45. The number of benzene rings is 3. The van der Waals surface area contributed by atoms with Crippen LogP contribution in [0.1, 0.15) is 44.4 Å². The van der Waals surface area contributed by atoms with Crippen LogP contribution in [0.3, 0.4) is 0 Å². The summed E-state index contributed by atoms with van der Waals surface area (Å²) in [5, 5.41) is 2.23. The van der Waals surface area contributed by atoms with Gasteiger partial charge in [-0.1, -0.05) is 67.9 Å². The van der Waals surface area contributed by atoms with E-state index in [1.807, 2.05) is 42.5 Å². The molecular formula is C29H30ClN2O5P. The number of hydrogen-bond donors (Lipinski definition) is 3. The van der Waals surface area contributed by atoms with Crippen molar-refractivity contribution in [3.05, 3.63) is 95.2 Å². The molecule has 4 aromatic rings. The predicted octanol–water partition coefficient (Wildman–Crippen LogP) is 7.43. The molecule has 0 bridgehead atoms. The van der Waals surface area contributed by atoms with Gasteiger partial charge in [-0.3, -0.25) is 9.36 Å². The lowest BCUT2D eigenvalue weighted by molar-refractivity contribution is -0.116. The third-order valence-electron chi connectivity index (χ3n) is 6.85. The van der Waals surface area contributed by atoms with E-state index in [4.69, 9.17) is 21.0 Å². The minimum absolute atomic E-state index is 0.155. The second kappa shape index (κ2) is 11.7. The Labute approximate surface area is 227 Å². The van der Waals surface area contributed by atoms with E-state index in [2.05, 4.69) is 5.32 Å². The zero-order valence-corrected chi connectivity index (χ0v) is 22.9. The average molecular weight is 553 g/mol. The molecule has 0 fully saturated rings. The van der Waals surface area contributed by atoms with Gasteiger partial charge in [0.15, 0.2) is 0 Å². The number of hydrogen-bond acceptors (Lipinski definition) is 4. The van der Waals surface area contributed by atoms with Crippen molar-refractivity contribution in [3.63, 3.8) is 0 Å². The summed E-state index contributed by atoms with van der Waals surface area (Å²) in [6, 6.07) is 23.5. The lowest BCUT2D eigenvalue weighted by Crippen LogP contribution is -2.24. The standard InChI is InChI=1S/C29H30ClN2O5P/c1-3-29(4-2,38(34,35)36)22-12-16-24(17-13-22)31-26(33)19-18-25-27(20-10-14-23(30)15-11-20)32-28(37-25)21-8-6-5-7-9-21/h5-17H,3-4,18-19H2,1-2H3,(H,31,33)(H2,34,35,36). The smallest absolute Gasteiger partial charge is 0.335 e. The van der Waals surface area contributed by atoms with E-state index in [1.165, 1.54) is 0 Å². The highest BCUT2D eigenvalue weighted by molar-refractivity contribution is 7.53. The van der Waals surface area contributed by atoms with Crippen molar-refractivity contribution in [1.29, 1.82) is 0 Å². The Balaban J connectivity index is 1.50. The molecule has 0 aliphatic rings. The van der Waals surface area contributed by atoms with Gasteiger partial charge in [0.1, 0.15) is 11.5 Å². The summed E-state index contributed by atoms with van der Waals surface area (Å²) in [5.74, 6) is 0.848. The van der Waals surface area contributed by atoms with Crippen molar-refractivity contribution >= 4 is 30.8 Å². The Morgan fingerprint density at radius 2 is 1.58 bits per heavy atom. The number of nitrogens with one attached hydrogen (secondary N) is 1. The second-order valence-corrected chi connectivity index (χ2v) is 11.5. The number of rotatable bonds is 10. The Kier molecular flexibility index (Phi) is 8.54. The molecule has 9 heteroatoms. The van der Waals surface area contributed by atoms with Crippen molar-refractivity contribution in [2.75, 3.05) is 5.32 Å². The van der Waals surface area contributed by atoms with E-state index < -0.39 is 12.8 Å². The van der Waals surface area contributed by atoms with E-state index >= 15 is 0 Å². The Morgan fingerprint density at radius 1 is 0.947 bits per heavy atom. The van der Waals surface area contributed by atoms with E-state index in [0.717, 1.165) is 11.1 Å². The first kappa shape index (κ1) is 27.8. The monoisotopic (exact) mass is 552 g/mol. The van der Waals surface area contributed by atoms with Crippen LogP contribution in [0.4, 0.5) is 5.69 Å². The molecule has 0 aliphatic heterocycles. The zero-order chi connectivity index (χ0) is 27.3. The van der Waals surface area contributed by atoms with Crippen LogP contribution >= 0.6 is 19.2 Å². The van der Waals surface area contributed by atoms with Gasteiger partial charge in [0.05, 0.1) is 5.16 Å². The summed E-state index contributed by atoms with van der Waals surface area (Å²) >= 11 is 6.06. The molecule has 0 spiro atoms. The Hall–Kier alpha value is -3.22. The van der Waals surface area contributed by atoms with Crippen LogP contribution in [-0.4, -0.2) is 20.7 Å². The van der Waals surface area contributed by atoms with Gasteiger partial charge in [-0.2, -0.15) is 0 Å². The molecule has 3 N–H and O–H groups in total. The minimum atomic E-state index is -4.38. The minimum Gasteiger partial charge on any atom is -0.440 e. The number of nitrogens with zero attached hydrogens (tertiary/aromatic N) is 1. The summed E-state index contributed by atoms with van der Waals surface area (Å²) in [4.78, 5) is 37.5. The van der Waals surface area contributed by atoms with Crippen LogP contribution in [0.5, 0.6) is 0 Å². The molecule has 4 rings (SSSR count). The van der Waals surface area contributed by atoms with E-state index in [0.29, 0.717) is 52.9 Å². The maximum absolute atomic E-state index is 12.8. The number of carbonyl (C=O) groups is 1. The third-order valence-corrected chi connectivity index (χ3v) is 9.11. The van der Waals surface area contributed by atoms with Crippen LogP contribution < -0.4 is 5.32 Å². The number of anilines is 1. The maximum atomic E-state index is 12.8. The van der Waals surface area contributed by atoms with Crippen molar-refractivity contribution in [1.82, 2.24) is 4.98 Å². The van der Waals surface area contributed by atoms with Crippen molar-refractivity contribution < 1.29 is 23.6 Å². The predicted molar refractivity (Wildman–Crippen MR) is 150 cm³/mol. The summed E-state index contributed by atoms with van der Waals surface area (Å²) in [5.41, 5.74) is 3.43. The molecule has 0 unspecified atom stereocenters. The highest BCUT2D eigenvalue weighted by atomic mass is 35.5. The molecule has 198 valence electrons.